The third kappa shape index (κ3) is 11.4. The van der Waals surface area contributed by atoms with Crippen LogP contribution in [0, 0.1) is 44.1 Å². The van der Waals surface area contributed by atoms with E-state index in [-0.39, 0.29) is 49.0 Å². The van der Waals surface area contributed by atoms with Crippen LogP contribution < -0.4 is 15.4 Å². The van der Waals surface area contributed by atoms with Gasteiger partial charge in [0.05, 0.1) is 5.41 Å². The average Bonchev–Trinajstić information content (AvgIpc) is 3.10. The van der Waals surface area contributed by atoms with Crippen LogP contribution in [0.15, 0.2) is 103 Å². The SMILES string of the molecule is O=C(N[C@@H](Cc1ccc(OC(=O)c2cc[c-]cc2)cc1)C(=O)O)c1ccc(NC(=O)C2(c3ccccc3)CCC2)cc1.[CH2-]CCCCCC.[U+2]. The molecule has 1 fully saturated rings. The first-order valence-corrected chi connectivity index (χ1v) is 16.8. The first kappa shape index (κ1) is 40.2. The Morgan fingerprint density at radius 1 is 0.860 bits per heavy atom. The number of aliphatic carboxylic acids is 1. The topological polar surface area (TPSA) is 122 Å². The molecule has 0 spiro atoms. The van der Waals surface area contributed by atoms with Crippen molar-refractivity contribution in [2.45, 2.75) is 76.2 Å². The normalized spacial score (nSPS) is 13.2. The summed E-state index contributed by atoms with van der Waals surface area (Å²) >= 11 is 0. The van der Waals surface area contributed by atoms with Gasteiger partial charge in [0.25, 0.3) is 5.91 Å². The van der Waals surface area contributed by atoms with Gasteiger partial charge in [0.2, 0.25) is 5.91 Å². The van der Waals surface area contributed by atoms with E-state index in [1.807, 2.05) is 30.3 Å². The van der Waals surface area contributed by atoms with Crippen molar-refractivity contribution >= 4 is 29.4 Å². The summed E-state index contributed by atoms with van der Waals surface area (Å²) in [5, 5.41) is 15.3. The minimum atomic E-state index is -1.19. The molecular formula is C41H44N2O6U. The van der Waals surface area contributed by atoms with Crippen LogP contribution in [0.25, 0.3) is 0 Å². The van der Waals surface area contributed by atoms with E-state index in [0.717, 1.165) is 31.2 Å². The Balaban J connectivity index is 0.000000766. The number of carbonyl (C=O) groups excluding carboxylic acids is 3. The molecule has 0 aromatic heterocycles. The molecule has 0 heterocycles. The summed E-state index contributed by atoms with van der Waals surface area (Å²) in [5.41, 5.74) is 2.29. The molecule has 0 bridgehead atoms. The Morgan fingerprint density at radius 2 is 1.52 bits per heavy atom. The van der Waals surface area contributed by atoms with Crippen molar-refractivity contribution in [3.05, 3.63) is 138 Å². The number of carbonyl (C=O) groups is 4. The third-order valence-electron chi connectivity index (χ3n) is 8.61. The number of amides is 2. The molecule has 50 heavy (non-hydrogen) atoms. The fourth-order valence-electron chi connectivity index (χ4n) is 5.55. The second-order valence-corrected chi connectivity index (χ2v) is 12.1. The van der Waals surface area contributed by atoms with Gasteiger partial charge in [-0.2, -0.15) is 36.8 Å². The largest absolute Gasteiger partial charge is 2.00 e. The van der Waals surface area contributed by atoms with E-state index in [0.29, 0.717) is 22.6 Å². The molecule has 1 saturated carbocycles. The molecule has 2 amide bonds. The molecular weight excluding hydrogens is 854 g/mol. The van der Waals surface area contributed by atoms with Gasteiger partial charge in [-0.25, -0.2) is 9.59 Å². The average molecular weight is 899 g/mol. The number of anilines is 1. The Kier molecular flexibility index (Phi) is 16.5. The smallest absolute Gasteiger partial charge is 0.480 e. The quantitative estimate of drug-likeness (QED) is 0.0511. The molecule has 0 saturated heterocycles. The van der Waals surface area contributed by atoms with Crippen LogP contribution in [-0.2, 0) is 21.4 Å². The molecule has 0 aliphatic heterocycles. The van der Waals surface area contributed by atoms with Crippen LogP contribution in [0.2, 0.25) is 0 Å². The summed E-state index contributed by atoms with van der Waals surface area (Å²) in [6, 6.07) is 30.6. The first-order chi connectivity index (χ1) is 23.8. The first-order valence-electron chi connectivity index (χ1n) is 16.8. The van der Waals surface area contributed by atoms with Crippen molar-refractivity contribution in [3.63, 3.8) is 0 Å². The molecule has 5 rings (SSSR count). The zero-order valence-corrected chi connectivity index (χ0v) is 32.6. The van der Waals surface area contributed by atoms with Gasteiger partial charge in [0, 0.05) is 17.7 Å². The van der Waals surface area contributed by atoms with E-state index in [2.05, 4.69) is 30.5 Å². The molecule has 1 aliphatic carbocycles. The second-order valence-electron chi connectivity index (χ2n) is 12.1. The monoisotopic (exact) mass is 898 g/mol. The molecule has 0 unspecified atom stereocenters. The van der Waals surface area contributed by atoms with Crippen molar-refractivity contribution in [3.8, 4) is 5.75 Å². The Bertz CT molecular complexity index is 1650. The predicted molar refractivity (Wildman–Crippen MR) is 190 cm³/mol. The maximum absolute atomic E-state index is 13.2. The zero-order valence-electron chi connectivity index (χ0n) is 28.5. The van der Waals surface area contributed by atoms with Gasteiger partial charge in [-0.05, 0) is 65.9 Å². The Labute approximate surface area is 318 Å². The van der Waals surface area contributed by atoms with E-state index in [4.69, 9.17) is 4.74 Å². The molecule has 258 valence electrons. The van der Waals surface area contributed by atoms with E-state index >= 15 is 0 Å². The van der Waals surface area contributed by atoms with Crippen molar-refractivity contribution in [1.29, 1.82) is 0 Å². The van der Waals surface area contributed by atoms with Crippen molar-refractivity contribution in [2.24, 2.45) is 0 Å². The van der Waals surface area contributed by atoms with Gasteiger partial charge < -0.3 is 27.4 Å². The molecule has 8 nitrogen and oxygen atoms in total. The Hall–Kier alpha value is -4.19. The number of unbranched alkanes of at least 4 members (excludes halogenated alkanes) is 4. The van der Waals surface area contributed by atoms with E-state index < -0.39 is 29.3 Å². The predicted octanol–water partition coefficient (Wildman–Crippen LogP) is 7.98. The molecule has 4 aromatic carbocycles. The number of hydrogen-bond donors (Lipinski definition) is 3. The molecule has 9 heteroatoms. The molecule has 1 aliphatic rings. The van der Waals surface area contributed by atoms with Crippen LogP contribution >= 0.6 is 0 Å². The maximum Gasteiger partial charge on any atom is 2.00 e. The van der Waals surface area contributed by atoms with E-state index in [9.17, 15) is 24.3 Å². The summed E-state index contributed by atoms with van der Waals surface area (Å²) in [6.07, 6.45) is 9.08. The van der Waals surface area contributed by atoms with Crippen LogP contribution in [-0.4, -0.2) is 34.9 Å². The van der Waals surface area contributed by atoms with E-state index in [1.165, 1.54) is 25.7 Å². The van der Waals surface area contributed by atoms with Crippen molar-refractivity contribution in [2.75, 3.05) is 5.32 Å². The van der Waals surface area contributed by atoms with Gasteiger partial charge in [0.15, 0.2) is 0 Å². The summed E-state index contributed by atoms with van der Waals surface area (Å²) in [7, 11) is 0. The standard InChI is InChI=1S/C34H29N2O6.C7H15.U/c37-30(24-14-16-27(17-15-24)35-33(41)34(20-7-21-34)26-10-5-2-6-11-26)36-29(31(38)39)22-23-12-18-28(19-13-23)42-32(40)25-8-3-1-4-9-25;1-3-5-7-6-4-2;/h2-6,8-19,29H,7,20-22H2,(H,35,41)(H,36,37)(H,38,39);1,3-7H2,2H3;/q2*-1;+2/t29-;;/m0../s1. The van der Waals surface area contributed by atoms with Gasteiger partial charge in [-0.3, -0.25) is 9.59 Å². The Morgan fingerprint density at radius 3 is 2.08 bits per heavy atom. The van der Waals surface area contributed by atoms with Gasteiger partial charge in [-0.1, -0.05) is 81.5 Å². The number of rotatable bonds is 14. The molecule has 0 radical (unpaired) electrons. The van der Waals surface area contributed by atoms with Gasteiger partial charge >= 0.3 is 43.1 Å². The number of benzene rings is 4. The molecule has 3 N–H and O–H groups in total. The number of nitrogens with one attached hydrogen (secondary N) is 2. The third-order valence-corrected chi connectivity index (χ3v) is 8.61. The summed E-state index contributed by atoms with van der Waals surface area (Å²) in [4.78, 5) is 50.2. The fraction of sp³-hybridized carbons (Fsp3) is 0.293. The minimum absolute atomic E-state index is 0. The zero-order chi connectivity index (χ0) is 35.1. The van der Waals surface area contributed by atoms with Crippen LogP contribution in [0.1, 0.15) is 90.1 Å². The van der Waals surface area contributed by atoms with Crippen LogP contribution in [0.4, 0.5) is 5.69 Å². The second kappa shape index (κ2) is 20.5. The number of ether oxygens (including phenoxy) is 1. The number of carboxylic acid groups (broad SMARTS) is 1. The number of hydrogen-bond acceptors (Lipinski definition) is 5. The van der Waals surface area contributed by atoms with Gasteiger partial charge in [0.1, 0.15) is 11.8 Å². The molecule has 4 aromatic rings. The number of carboxylic acids is 1. The summed E-state index contributed by atoms with van der Waals surface area (Å²) in [5.74, 6) is -2.02. The fourth-order valence-corrected chi connectivity index (χ4v) is 5.55. The van der Waals surface area contributed by atoms with Crippen LogP contribution in [0.3, 0.4) is 0 Å². The summed E-state index contributed by atoms with van der Waals surface area (Å²) in [6.45, 7) is 5.98. The van der Waals surface area contributed by atoms with Gasteiger partial charge in [-0.15, -0.1) is 0 Å². The number of esters is 1. The van der Waals surface area contributed by atoms with Crippen LogP contribution in [0.5, 0.6) is 5.75 Å². The summed E-state index contributed by atoms with van der Waals surface area (Å²) < 4.78 is 5.35. The van der Waals surface area contributed by atoms with Crippen molar-refractivity contribution in [1.82, 2.24) is 5.32 Å². The van der Waals surface area contributed by atoms with Crippen molar-refractivity contribution < 1.29 is 60.1 Å². The minimum Gasteiger partial charge on any atom is -0.480 e. The van der Waals surface area contributed by atoms with E-state index in [1.54, 1.807) is 72.8 Å². The molecule has 1 atom stereocenters. The maximum atomic E-state index is 13.2.